The molecule has 2 rings (SSSR count). The maximum Gasteiger partial charge on any atom is 0.347 e. The third kappa shape index (κ3) is 4.99. The van der Waals surface area contributed by atoms with Crippen LogP contribution in [-0.4, -0.2) is 21.9 Å². The van der Waals surface area contributed by atoms with Gasteiger partial charge in [-0.1, -0.05) is 0 Å². The van der Waals surface area contributed by atoms with E-state index in [9.17, 15) is 9.59 Å². The van der Waals surface area contributed by atoms with Gasteiger partial charge in [0.2, 0.25) is 0 Å². The van der Waals surface area contributed by atoms with Crippen LogP contribution < -0.4 is 0 Å². The molecule has 0 unspecified atom stereocenters. The van der Waals surface area contributed by atoms with Crippen molar-refractivity contribution in [2.45, 2.75) is 13.8 Å². The number of esters is 2. The molecule has 2 aromatic heterocycles. The second kappa shape index (κ2) is 9.03. The van der Waals surface area contributed by atoms with Crippen molar-refractivity contribution in [2.75, 3.05) is 0 Å². The fourth-order valence-corrected chi connectivity index (χ4v) is 1.59. The summed E-state index contributed by atoms with van der Waals surface area (Å²) in [6, 6.07) is 6.36. The fraction of sp³-hybridized carbons (Fsp3) is 0.143. The van der Waals surface area contributed by atoms with E-state index in [0.717, 1.165) is 0 Å². The number of aromatic nitrogens is 2. The Kier molecular flexibility index (Phi) is 8.55. The van der Waals surface area contributed by atoms with E-state index in [1.807, 2.05) is 0 Å². The number of ether oxygens (including phenoxy) is 1. The molecule has 7 heteroatoms. The predicted octanol–water partition coefficient (Wildman–Crippen LogP) is 3.33. The van der Waals surface area contributed by atoms with Crippen LogP contribution in [0.25, 0.3) is 0 Å². The highest BCUT2D eigenvalue weighted by Gasteiger charge is 2.18. The largest absolute Gasteiger partial charge is 0.386 e. The number of pyridine rings is 2. The van der Waals surface area contributed by atoms with Crippen molar-refractivity contribution in [2.24, 2.45) is 0 Å². The van der Waals surface area contributed by atoms with E-state index >= 15 is 0 Å². The van der Waals surface area contributed by atoms with Gasteiger partial charge in [0.15, 0.2) is 0 Å². The first-order valence-electron chi connectivity index (χ1n) is 5.69. The van der Waals surface area contributed by atoms with Gasteiger partial charge in [0.05, 0.1) is 22.5 Å². The van der Waals surface area contributed by atoms with Gasteiger partial charge in [0.25, 0.3) is 0 Å². The van der Waals surface area contributed by atoms with Crippen LogP contribution in [0, 0.1) is 13.8 Å². The molecule has 112 valence electrons. The quantitative estimate of drug-likeness (QED) is 0.351. The molecule has 2 aromatic rings. The van der Waals surface area contributed by atoms with Gasteiger partial charge in [-0.25, -0.2) is 9.59 Å². The summed E-state index contributed by atoms with van der Waals surface area (Å²) in [6.07, 6.45) is 3.14. The van der Waals surface area contributed by atoms with Gasteiger partial charge in [-0.3, -0.25) is 9.97 Å². The minimum absolute atomic E-state index is 0. The lowest BCUT2D eigenvalue weighted by Crippen LogP contribution is -2.15. The number of hydrogen-bond acceptors (Lipinski definition) is 5. The van der Waals surface area contributed by atoms with Crippen LogP contribution in [0.1, 0.15) is 32.1 Å². The standard InChI is InChI=1S/C14H12N2O3.2HI/c1-9-11(5-3-7-15-9)13(17)19-14(18)12-6-4-8-16-10(12)2;;/h3-8H,1-2H3;2*1H. The number of aryl methyl sites for hydroxylation is 2. The Morgan fingerprint density at radius 2 is 1.24 bits per heavy atom. The van der Waals surface area contributed by atoms with E-state index < -0.39 is 11.9 Å². The summed E-state index contributed by atoms with van der Waals surface area (Å²) >= 11 is 0. The van der Waals surface area contributed by atoms with E-state index in [2.05, 4.69) is 9.97 Å². The van der Waals surface area contributed by atoms with Crippen LogP contribution in [0.2, 0.25) is 0 Å². The number of rotatable bonds is 2. The molecule has 0 aliphatic heterocycles. The van der Waals surface area contributed by atoms with E-state index in [1.54, 1.807) is 50.5 Å². The fourth-order valence-electron chi connectivity index (χ4n) is 1.59. The Balaban J connectivity index is 0.00000200. The topological polar surface area (TPSA) is 69.2 Å². The lowest BCUT2D eigenvalue weighted by atomic mass is 10.2. The first-order chi connectivity index (χ1) is 9.09. The molecular formula is C14H14I2N2O3. The van der Waals surface area contributed by atoms with Crippen molar-refractivity contribution >= 4 is 59.9 Å². The second-order valence-electron chi connectivity index (χ2n) is 3.95. The molecule has 0 spiro atoms. The third-order valence-electron chi connectivity index (χ3n) is 2.64. The van der Waals surface area contributed by atoms with Crippen LogP contribution in [-0.2, 0) is 4.74 Å². The Labute approximate surface area is 156 Å². The van der Waals surface area contributed by atoms with Crippen LogP contribution in [0.5, 0.6) is 0 Å². The molecule has 0 aromatic carbocycles. The van der Waals surface area contributed by atoms with Gasteiger partial charge < -0.3 is 4.74 Å². The average Bonchev–Trinajstić information content (AvgIpc) is 2.39. The summed E-state index contributed by atoms with van der Waals surface area (Å²) in [5.74, 6) is -1.42. The average molecular weight is 512 g/mol. The highest BCUT2D eigenvalue weighted by molar-refractivity contribution is 14.0. The summed E-state index contributed by atoms with van der Waals surface area (Å²) in [7, 11) is 0. The maximum atomic E-state index is 11.9. The SMILES string of the molecule is Cc1ncccc1C(=O)OC(=O)c1cccnc1C.I.I. The van der Waals surface area contributed by atoms with Gasteiger partial charge in [-0.15, -0.1) is 48.0 Å². The van der Waals surface area contributed by atoms with Crippen LogP contribution in [0.4, 0.5) is 0 Å². The smallest absolute Gasteiger partial charge is 0.347 e. The Morgan fingerprint density at radius 3 is 1.57 bits per heavy atom. The lowest BCUT2D eigenvalue weighted by molar-refractivity contribution is 0.0396. The van der Waals surface area contributed by atoms with E-state index in [0.29, 0.717) is 11.4 Å². The molecule has 5 nitrogen and oxygen atoms in total. The molecule has 0 fully saturated rings. The van der Waals surface area contributed by atoms with Gasteiger partial charge in [0.1, 0.15) is 0 Å². The highest BCUT2D eigenvalue weighted by atomic mass is 127. The van der Waals surface area contributed by atoms with E-state index in [4.69, 9.17) is 4.74 Å². The van der Waals surface area contributed by atoms with Crippen molar-refractivity contribution in [1.82, 2.24) is 9.97 Å². The molecule has 0 N–H and O–H groups in total. The number of carbonyl (C=O) groups excluding carboxylic acids is 2. The van der Waals surface area contributed by atoms with E-state index in [-0.39, 0.29) is 59.1 Å². The zero-order valence-electron chi connectivity index (χ0n) is 11.4. The van der Waals surface area contributed by atoms with Crippen LogP contribution in [0.15, 0.2) is 36.7 Å². The van der Waals surface area contributed by atoms with Crippen molar-refractivity contribution < 1.29 is 14.3 Å². The predicted molar refractivity (Wildman–Crippen MR) is 98.5 cm³/mol. The van der Waals surface area contributed by atoms with Gasteiger partial charge in [0, 0.05) is 12.4 Å². The van der Waals surface area contributed by atoms with Crippen LogP contribution in [0.3, 0.4) is 0 Å². The first kappa shape index (κ1) is 19.9. The minimum Gasteiger partial charge on any atom is -0.386 e. The number of hydrogen-bond donors (Lipinski definition) is 0. The van der Waals surface area contributed by atoms with Gasteiger partial charge >= 0.3 is 11.9 Å². The number of carbonyl (C=O) groups is 2. The van der Waals surface area contributed by atoms with Crippen LogP contribution >= 0.6 is 48.0 Å². The van der Waals surface area contributed by atoms with Crippen molar-refractivity contribution in [3.05, 3.63) is 59.2 Å². The summed E-state index contributed by atoms with van der Waals surface area (Å²) in [5, 5.41) is 0. The molecular weight excluding hydrogens is 498 g/mol. The van der Waals surface area contributed by atoms with Gasteiger partial charge in [-0.05, 0) is 38.1 Å². The Hall–Kier alpha value is -1.10. The second-order valence-corrected chi connectivity index (χ2v) is 3.95. The molecule has 2 heterocycles. The molecule has 0 saturated heterocycles. The summed E-state index contributed by atoms with van der Waals surface area (Å²) in [4.78, 5) is 31.7. The summed E-state index contributed by atoms with van der Waals surface area (Å²) in [6.45, 7) is 3.35. The first-order valence-corrected chi connectivity index (χ1v) is 5.69. The molecule has 21 heavy (non-hydrogen) atoms. The minimum atomic E-state index is -0.709. The monoisotopic (exact) mass is 512 g/mol. The molecule has 0 bridgehead atoms. The zero-order valence-corrected chi connectivity index (χ0v) is 16.1. The van der Waals surface area contributed by atoms with E-state index in [1.165, 1.54) is 0 Å². The number of halogens is 2. The zero-order chi connectivity index (χ0) is 13.8. The highest BCUT2D eigenvalue weighted by Crippen LogP contribution is 2.10. The molecule has 0 aliphatic rings. The Morgan fingerprint density at radius 1 is 0.857 bits per heavy atom. The molecule has 0 aliphatic carbocycles. The van der Waals surface area contributed by atoms with Gasteiger partial charge in [-0.2, -0.15) is 0 Å². The van der Waals surface area contributed by atoms with Crippen molar-refractivity contribution in [3.8, 4) is 0 Å². The molecule has 0 atom stereocenters. The molecule has 0 amide bonds. The molecule has 0 saturated carbocycles. The summed E-state index contributed by atoms with van der Waals surface area (Å²) in [5.41, 5.74) is 1.58. The van der Waals surface area contributed by atoms with Crippen molar-refractivity contribution in [1.29, 1.82) is 0 Å². The maximum absolute atomic E-state index is 11.9. The third-order valence-corrected chi connectivity index (χ3v) is 2.64. The number of nitrogens with zero attached hydrogens (tertiary/aromatic N) is 2. The Bertz CT molecular complexity index is 592. The summed E-state index contributed by atoms with van der Waals surface area (Å²) < 4.78 is 4.83. The lowest BCUT2D eigenvalue weighted by Gasteiger charge is -2.06. The van der Waals surface area contributed by atoms with Crippen molar-refractivity contribution in [3.63, 3.8) is 0 Å². The molecule has 0 radical (unpaired) electrons. The normalized spacial score (nSPS) is 9.05.